The van der Waals surface area contributed by atoms with Crippen LogP contribution in [0.1, 0.15) is 33.6 Å². The molecule has 0 atom stereocenters. The molecule has 0 aliphatic rings. The molecule has 0 rings (SSSR count). The van der Waals surface area contributed by atoms with E-state index in [1.165, 1.54) is 5.92 Å². The molecular formula is C8H16NO. The molecule has 59 valence electrons. The van der Waals surface area contributed by atoms with Crippen molar-refractivity contribution < 1.29 is 4.79 Å². The topological polar surface area (TPSA) is 29.1 Å². The second-order valence-electron chi connectivity index (χ2n) is 2.79. The molecule has 1 N–H and O–H groups in total. The van der Waals surface area contributed by atoms with Crippen LogP contribution in [0, 0.1) is 5.92 Å². The van der Waals surface area contributed by atoms with Crippen LogP contribution in [0.25, 0.3) is 0 Å². The monoisotopic (exact) mass is 142 g/mol. The lowest BCUT2D eigenvalue weighted by Gasteiger charge is -2.03. The summed E-state index contributed by atoms with van der Waals surface area (Å²) in [5, 5.41) is 2.75. The molecular weight excluding hydrogens is 126 g/mol. The van der Waals surface area contributed by atoms with Gasteiger partial charge in [0, 0.05) is 13.5 Å². The maximum atomic E-state index is 10.4. The highest BCUT2D eigenvalue weighted by atomic mass is 16.1. The third kappa shape index (κ3) is 7.47. The Hall–Kier alpha value is -0.530. The van der Waals surface area contributed by atoms with Crippen LogP contribution in [0.2, 0.25) is 0 Å². The second-order valence-corrected chi connectivity index (χ2v) is 2.79. The van der Waals surface area contributed by atoms with E-state index in [4.69, 9.17) is 0 Å². The van der Waals surface area contributed by atoms with Gasteiger partial charge < -0.3 is 5.32 Å². The van der Waals surface area contributed by atoms with Crippen LogP contribution in [0.5, 0.6) is 0 Å². The molecule has 0 saturated heterocycles. The highest BCUT2D eigenvalue weighted by molar-refractivity contribution is 5.72. The average Bonchev–Trinajstić information content (AvgIpc) is 1.79. The van der Waals surface area contributed by atoms with Gasteiger partial charge in [0.25, 0.3) is 0 Å². The molecule has 0 aliphatic heterocycles. The Morgan fingerprint density at radius 2 is 1.90 bits per heavy atom. The van der Waals surface area contributed by atoms with E-state index in [1.807, 2.05) is 0 Å². The second kappa shape index (κ2) is 5.27. The van der Waals surface area contributed by atoms with Crippen LogP contribution in [0.15, 0.2) is 0 Å². The largest absolute Gasteiger partial charge is 0.356 e. The van der Waals surface area contributed by atoms with Crippen molar-refractivity contribution in [2.75, 3.05) is 6.54 Å². The lowest BCUT2D eigenvalue weighted by molar-refractivity contribution is -0.118. The van der Waals surface area contributed by atoms with Gasteiger partial charge in [-0.25, -0.2) is 0 Å². The number of nitrogens with one attached hydrogen (secondary N) is 1. The Labute approximate surface area is 63.0 Å². The first-order chi connectivity index (χ1) is 4.63. The molecule has 10 heavy (non-hydrogen) atoms. The van der Waals surface area contributed by atoms with Gasteiger partial charge in [-0.3, -0.25) is 4.79 Å². The molecule has 1 amide bonds. The van der Waals surface area contributed by atoms with Crippen LogP contribution < -0.4 is 5.32 Å². The molecule has 0 saturated carbocycles. The molecule has 0 bridgehead atoms. The Bertz CT molecular complexity index is 99.4. The number of carbonyl (C=O) groups is 1. The van der Waals surface area contributed by atoms with Crippen molar-refractivity contribution in [2.24, 2.45) is 0 Å². The number of amides is 1. The molecule has 1 radical (unpaired) electrons. The maximum Gasteiger partial charge on any atom is 0.216 e. The molecule has 0 aliphatic carbocycles. The van der Waals surface area contributed by atoms with E-state index >= 15 is 0 Å². The van der Waals surface area contributed by atoms with Crippen LogP contribution >= 0.6 is 0 Å². The highest BCUT2D eigenvalue weighted by Crippen LogP contribution is 2.03. The summed E-state index contributed by atoms with van der Waals surface area (Å²) in [6.45, 7) is 6.56. The van der Waals surface area contributed by atoms with Crippen LogP contribution in [0.3, 0.4) is 0 Å². The molecule has 0 unspecified atom stereocenters. The summed E-state index contributed by atoms with van der Waals surface area (Å²) < 4.78 is 0. The standard InChI is InChI=1S/C8H16NO/c1-7(2)5-4-6-9-8(3)10/h4-6H2,1-3H3,(H,9,10). The summed E-state index contributed by atoms with van der Waals surface area (Å²) in [6.07, 6.45) is 2.17. The van der Waals surface area contributed by atoms with E-state index in [-0.39, 0.29) is 5.91 Å². The third-order valence-electron chi connectivity index (χ3n) is 1.23. The third-order valence-corrected chi connectivity index (χ3v) is 1.23. The Morgan fingerprint density at radius 1 is 1.30 bits per heavy atom. The normalized spacial score (nSPS) is 10.0. The number of hydrogen-bond acceptors (Lipinski definition) is 1. The molecule has 2 heteroatoms. The Morgan fingerprint density at radius 3 is 2.30 bits per heavy atom. The van der Waals surface area contributed by atoms with E-state index in [2.05, 4.69) is 19.2 Å². The smallest absolute Gasteiger partial charge is 0.216 e. The van der Waals surface area contributed by atoms with Gasteiger partial charge in [-0.2, -0.15) is 0 Å². The fourth-order valence-corrected chi connectivity index (χ4v) is 0.706. The van der Waals surface area contributed by atoms with E-state index in [0.29, 0.717) is 0 Å². The van der Waals surface area contributed by atoms with Crippen molar-refractivity contribution in [2.45, 2.75) is 33.6 Å². The fraction of sp³-hybridized carbons (Fsp3) is 0.750. The summed E-state index contributed by atoms with van der Waals surface area (Å²) >= 11 is 0. The zero-order valence-electron chi connectivity index (χ0n) is 7.03. The van der Waals surface area contributed by atoms with E-state index in [1.54, 1.807) is 6.92 Å². The van der Waals surface area contributed by atoms with Gasteiger partial charge >= 0.3 is 0 Å². The number of hydrogen-bond donors (Lipinski definition) is 1. The zero-order valence-corrected chi connectivity index (χ0v) is 7.03. The van der Waals surface area contributed by atoms with Crippen LogP contribution in [0.4, 0.5) is 0 Å². The van der Waals surface area contributed by atoms with Crippen molar-refractivity contribution in [3.8, 4) is 0 Å². The van der Waals surface area contributed by atoms with Gasteiger partial charge in [-0.15, -0.1) is 0 Å². The summed E-state index contributed by atoms with van der Waals surface area (Å²) in [7, 11) is 0. The SMILES string of the molecule is C[C](C)CCCNC(C)=O. The first-order valence-corrected chi connectivity index (χ1v) is 3.66. The fourth-order valence-electron chi connectivity index (χ4n) is 0.706. The van der Waals surface area contributed by atoms with Crippen LogP contribution in [-0.4, -0.2) is 12.5 Å². The molecule has 0 aromatic carbocycles. The van der Waals surface area contributed by atoms with Gasteiger partial charge in [-0.05, 0) is 18.8 Å². The van der Waals surface area contributed by atoms with Crippen molar-refractivity contribution in [1.82, 2.24) is 5.32 Å². The molecule has 2 nitrogen and oxygen atoms in total. The van der Waals surface area contributed by atoms with Crippen LogP contribution in [-0.2, 0) is 4.79 Å². The van der Waals surface area contributed by atoms with E-state index < -0.39 is 0 Å². The lowest BCUT2D eigenvalue weighted by atomic mass is 10.1. The quantitative estimate of drug-likeness (QED) is 0.592. The first kappa shape index (κ1) is 9.47. The minimum absolute atomic E-state index is 0.0637. The predicted molar refractivity (Wildman–Crippen MR) is 42.5 cm³/mol. The molecule has 0 aromatic rings. The van der Waals surface area contributed by atoms with Crippen molar-refractivity contribution in [1.29, 1.82) is 0 Å². The maximum absolute atomic E-state index is 10.4. The number of carbonyl (C=O) groups excluding carboxylic acids is 1. The predicted octanol–water partition coefficient (Wildman–Crippen LogP) is 1.52. The minimum atomic E-state index is 0.0637. The first-order valence-electron chi connectivity index (χ1n) is 3.66. The van der Waals surface area contributed by atoms with E-state index in [0.717, 1.165) is 19.4 Å². The Balaban J connectivity index is 2.98. The van der Waals surface area contributed by atoms with Gasteiger partial charge in [0.15, 0.2) is 0 Å². The van der Waals surface area contributed by atoms with Gasteiger partial charge in [-0.1, -0.05) is 13.8 Å². The van der Waals surface area contributed by atoms with Gasteiger partial charge in [0.2, 0.25) is 5.91 Å². The minimum Gasteiger partial charge on any atom is -0.356 e. The molecule has 0 aromatic heterocycles. The molecule has 0 fully saturated rings. The Kier molecular flexibility index (Phi) is 4.99. The lowest BCUT2D eigenvalue weighted by Crippen LogP contribution is -2.20. The van der Waals surface area contributed by atoms with Gasteiger partial charge in [0.1, 0.15) is 0 Å². The average molecular weight is 142 g/mol. The summed E-state index contributed by atoms with van der Waals surface area (Å²) in [4.78, 5) is 10.4. The molecule has 0 spiro atoms. The highest BCUT2D eigenvalue weighted by Gasteiger charge is 1.94. The zero-order chi connectivity index (χ0) is 7.98. The summed E-state index contributed by atoms with van der Waals surface area (Å²) in [6, 6.07) is 0. The van der Waals surface area contributed by atoms with Crippen molar-refractivity contribution >= 4 is 5.91 Å². The summed E-state index contributed by atoms with van der Waals surface area (Å²) in [5.41, 5.74) is 0. The van der Waals surface area contributed by atoms with Crippen molar-refractivity contribution in [3.63, 3.8) is 0 Å². The van der Waals surface area contributed by atoms with Gasteiger partial charge in [0.05, 0.1) is 0 Å². The van der Waals surface area contributed by atoms with Crippen molar-refractivity contribution in [3.05, 3.63) is 5.92 Å². The van der Waals surface area contributed by atoms with E-state index in [9.17, 15) is 4.79 Å². The molecule has 0 heterocycles. The summed E-state index contributed by atoms with van der Waals surface area (Å²) in [5.74, 6) is 1.49. The number of rotatable bonds is 4.